The Balaban J connectivity index is 3.56. The van der Waals surface area contributed by atoms with Gasteiger partial charge in [-0.3, -0.25) is 0 Å². The van der Waals surface area contributed by atoms with Gasteiger partial charge in [0.2, 0.25) is 11.6 Å². The lowest BCUT2D eigenvalue weighted by atomic mass is 10.3. The predicted molar refractivity (Wildman–Crippen MR) is 55.0 cm³/mol. The number of phenolic OH excluding ortho intramolecular Hbond substituents is 1. The van der Waals surface area contributed by atoms with Gasteiger partial charge in [-0.05, 0) is 38.5 Å². The molecule has 0 unspecified atom stereocenters. The third-order valence-electron chi connectivity index (χ3n) is 1.40. The number of hydrogen-bond acceptors (Lipinski definition) is 2. The summed E-state index contributed by atoms with van der Waals surface area (Å²) in [5, 5.41) is 9.31. The van der Waals surface area contributed by atoms with Crippen LogP contribution in [0.3, 0.4) is 0 Å². The second-order valence-corrected chi connectivity index (χ2v) is 4.01. The summed E-state index contributed by atoms with van der Waals surface area (Å²) >= 11 is 4.48. The van der Waals surface area contributed by atoms with Gasteiger partial charge in [-0.15, -0.1) is 0 Å². The fourth-order valence-corrected chi connectivity index (χ4v) is 1.63. The smallest absolute Gasteiger partial charge is 0.205 e. The van der Waals surface area contributed by atoms with E-state index >= 15 is 0 Å². The lowest BCUT2D eigenvalue weighted by molar-refractivity contribution is 0.337. The monoisotopic (exact) mass is 364 g/mol. The van der Waals surface area contributed by atoms with Crippen LogP contribution in [0.2, 0.25) is 0 Å². The summed E-state index contributed by atoms with van der Waals surface area (Å²) in [6.45, 7) is 0. The molecular formula is C7H4BrF2IO2. The van der Waals surface area contributed by atoms with Gasteiger partial charge in [0.05, 0.1) is 15.2 Å². The van der Waals surface area contributed by atoms with Crippen molar-refractivity contribution in [3.8, 4) is 11.5 Å². The molecule has 1 rings (SSSR count). The molecule has 0 radical (unpaired) electrons. The highest BCUT2D eigenvalue weighted by molar-refractivity contribution is 14.1. The summed E-state index contributed by atoms with van der Waals surface area (Å²) in [4.78, 5) is 0. The van der Waals surface area contributed by atoms with Crippen molar-refractivity contribution in [1.29, 1.82) is 0 Å². The number of benzene rings is 1. The maximum absolute atomic E-state index is 13.0. The molecule has 72 valence electrons. The zero-order chi connectivity index (χ0) is 10.2. The molecule has 1 N–H and O–H groups in total. The molecule has 0 aromatic heterocycles. The first kappa shape index (κ1) is 11.0. The summed E-state index contributed by atoms with van der Waals surface area (Å²) in [6.07, 6.45) is 0. The Labute approximate surface area is 95.2 Å². The molecular weight excluding hydrogens is 361 g/mol. The minimum absolute atomic E-state index is 0.107. The largest absolute Gasteiger partial charge is 0.503 e. The molecule has 0 saturated carbocycles. The summed E-state index contributed by atoms with van der Waals surface area (Å²) < 4.78 is 30.6. The maximum Gasteiger partial charge on any atom is 0.205 e. The third-order valence-corrected chi connectivity index (χ3v) is 3.94. The van der Waals surface area contributed by atoms with Crippen molar-refractivity contribution in [3.05, 3.63) is 19.7 Å². The highest BCUT2D eigenvalue weighted by Gasteiger charge is 2.22. The molecule has 0 spiro atoms. The van der Waals surface area contributed by atoms with Crippen LogP contribution in [0.5, 0.6) is 11.5 Å². The van der Waals surface area contributed by atoms with E-state index in [0.717, 1.165) is 7.11 Å². The molecule has 0 aliphatic rings. The molecule has 0 aliphatic carbocycles. The highest BCUT2D eigenvalue weighted by atomic mass is 127. The zero-order valence-electron chi connectivity index (χ0n) is 6.37. The first-order valence-electron chi connectivity index (χ1n) is 3.09. The van der Waals surface area contributed by atoms with Gasteiger partial charge in [0.1, 0.15) is 0 Å². The van der Waals surface area contributed by atoms with Gasteiger partial charge in [-0.1, -0.05) is 0 Å². The topological polar surface area (TPSA) is 29.5 Å². The molecule has 1 aromatic rings. The van der Waals surface area contributed by atoms with Crippen LogP contribution in [0.15, 0.2) is 4.47 Å². The number of rotatable bonds is 1. The van der Waals surface area contributed by atoms with Crippen LogP contribution in [-0.4, -0.2) is 12.2 Å². The van der Waals surface area contributed by atoms with Gasteiger partial charge in [-0.25, -0.2) is 4.39 Å². The molecule has 0 aliphatic heterocycles. The summed E-state index contributed by atoms with van der Waals surface area (Å²) in [7, 11) is 1.15. The Morgan fingerprint density at radius 3 is 2.38 bits per heavy atom. The van der Waals surface area contributed by atoms with E-state index in [0.29, 0.717) is 0 Å². The summed E-state index contributed by atoms with van der Waals surface area (Å²) in [5.74, 6) is -3.16. The van der Waals surface area contributed by atoms with Crippen molar-refractivity contribution in [2.75, 3.05) is 7.11 Å². The van der Waals surface area contributed by atoms with E-state index in [2.05, 4.69) is 20.7 Å². The van der Waals surface area contributed by atoms with Gasteiger partial charge in [0, 0.05) is 0 Å². The SMILES string of the molecule is COc1c(O)c(I)c(Br)c(F)c1F. The molecule has 1 aromatic carbocycles. The van der Waals surface area contributed by atoms with E-state index < -0.39 is 23.1 Å². The molecule has 13 heavy (non-hydrogen) atoms. The van der Waals surface area contributed by atoms with E-state index in [1.54, 1.807) is 22.6 Å². The van der Waals surface area contributed by atoms with Gasteiger partial charge in [-0.2, -0.15) is 4.39 Å². The first-order valence-corrected chi connectivity index (χ1v) is 4.96. The van der Waals surface area contributed by atoms with Crippen molar-refractivity contribution in [2.45, 2.75) is 0 Å². The van der Waals surface area contributed by atoms with E-state index in [1.807, 2.05) is 0 Å². The van der Waals surface area contributed by atoms with Gasteiger partial charge >= 0.3 is 0 Å². The molecule has 0 fully saturated rings. The lowest BCUT2D eigenvalue weighted by Crippen LogP contribution is -1.96. The van der Waals surface area contributed by atoms with Crippen molar-refractivity contribution in [2.24, 2.45) is 0 Å². The Bertz CT molecular complexity index is 328. The molecule has 6 heteroatoms. The van der Waals surface area contributed by atoms with Gasteiger partial charge in [0.25, 0.3) is 0 Å². The minimum Gasteiger partial charge on any atom is -0.503 e. The van der Waals surface area contributed by atoms with Crippen molar-refractivity contribution in [1.82, 2.24) is 0 Å². The average Bonchev–Trinajstić information content (AvgIpc) is 2.13. The third kappa shape index (κ3) is 1.74. The van der Waals surface area contributed by atoms with Crippen molar-refractivity contribution >= 4 is 38.5 Å². The Hall–Kier alpha value is -0.110. The standard InChI is InChI=1S/C7H4BrF2IO2/c1-13-7-4(10)3(9)2(8)5(11)6(7)12/h12H,1H3. The quantitative estimate of drug-likeness (QED) is 0.471. The normalized spacial score (nSPS) is 10.2. The lowest BCUT2D eigenvalue weighted by Gasteiger charge is -2.08. The zero-order valence-corrected chi connectivity index (χ0v) is 10.1. The van der Waals surface area contributed by atoms with E-state index in [1.165, 1.54) is 0 Å². The number of aromatic hydroxyl groups is 1. The van der Waals surface area contributed by atoms with Gasteiger partial charge < -0.3 is 9.84 Å². The van der Waals surface area contributed by atoms with Crippen LogP contribution in [0.1, 0.15) is 0 Å². The second-order valence-electron chi connectivity index (χ2n) is 2.14. The maximum atomic E-state index is 13.0. The van der Waals surface area contributed by atoms with Crippen LogP contribution in [-0.2, 0) is 0 Å². The number of ether oxygens (including phenoxy) is 1. The fourth-order valence-electron chi connectivity index (χ4n) is 0.786. The Morgan fingerprint density at radius 1 is 1.38 bits per heavy atom. The van der Waals surface area contributed by atoms with Crippen LogP contribution in [0, 0.1) is 15.2 Å². The molecule has 0 amide bonds. The highest BCUT2D eigenvalue weighted by Crippen LogP contribution is 2.40. The average molecular weight is 365 g/mol. The second kappa shape index (κ2) is 3.95. The van der Waals surface area contributed by atoms with Crippen molar-refractivity contribution < 1.29 is 18.6 Å². The summed E-state index contributed by atoms with van der Waals surface area (Å²) in [6, 6.07) is 0. The van der Waals surface area contributed by atoms with E-state index in [9.17, 15) is 13.9 Å². The van der Waals surface area contributed by atoms with Crippen LogP contribution >= 0.6 is 38.5 Å². The molecule has 0 bridgehead atoms. The Kier molecular flexibility index (Phi) is 3.33. The van der Waals surface area contributed by atoms with Crippen molar-refractivity contribution in [3.63, 3.8) is 0 Å². The van der Waals surface area contributed by atoms with Crippen LogP contribution in [0.4, 0.5) is 8.78 Å². The molecule has 2 nitrogen and oxygen atoms in total. The van der Waals surface area contributed by atoms with Gasteiger partial charge in [0.15, 0.2) is 11.6 Å². The minimum atomic E-state index is -1.20. The molecule has 0 saturated heterocycles. The molecule has 0 atom stereocenters. The summed E-state index contributed by atoms with van der Waals surface area (Å²) in [5.41, 5.74) is 0. The van der Waals surface area contributed by atoms with Crippen LogP contribution in [0.25, 0.3) is 0 Å². The van der Waals surface area contributed by atoms with Crippen LogP contribution < -0.4 is 4.74 Å². The Morgan fingerprint density at radius 2 is 1.92 bits per heavy atom. The predicted octanol–water partition coefficient (Wildman–Crippen LogP) is 3.05. The number of phenols is 1. The first-order chi connectivity index (χ1) is 6.00. The number of methoxy groups -OCH3 is 1. The van der Waals surface area contributed by atoms with E-state index in [-0.39, 0.29) is 8.04 Å². The number of hydrogen-bond donors (Lipinski definition) is 1. The molecule has 0 heterocycles. The van der Waals surface area contributed by atoms with E-state index in [4.69, 9.17) is 0 Å². The number of halogens is 4. The fraction of sp³-hybridized carbons (Fsp3) is 0.143.